The number of nitrogens with zero attached hydrogens (tertiary/aromatic N) is 2. The molecule has 1 aromatic heterocycles. The number of nitrogens with one attached hydrogen (secondary N) is 2. The minimum absolute atomic E-state index is 0.0317. The summed E-state index contributed by atoms with van der Waals surface area (Å²) >= 11 is 0. The molecule has 0 bridgehead atoms. The lowest BCUT2D eigenvalue weighted by molar-refractivity contribution is -0.121. The molecule has 0 unspecified atom stereocenters. The Morgan fingerprint density at radius 1 is 1.19 bits per heavy atom. The lowest BCUT2D eigenvalue weighted by Crippen LogP contribution is -2.39. The number of amides is 2. The first kappa shape index (κ1) is 18.8. The van der Waals surface area contributed by atoms with Gasteiger partial charge in [0.2, 0.25) is 5.91 Å². The van der Waals surface area contributed by atoms with Crippen LogP contribution in [-0.4, -0.2) is 27.4 Å². The van der Waals surface area contributed by atoms with Crippen LogP contribution < -0.4 is 16.2 Å². The van der Waals surface area contributed by atoms with Gasteiger partial charge in [0.15, 0.2) is 0 Å². The van der Waals surface area contributed by atoms with Crippen molar-refractivity contribution in [3.63, 3.8) is 0 Å². The number of aromatic nitrogens is 2. The molecule has 0 spiro atoms. The summed E-state index contributed by atoms with van der Waals surface area (Å²) in [6.07, 6.45) is 6.57. The third-order valence-corrected chi connectivity index (χ3v) is 4.76. The van der Waals surface area contributed by atoms with Crippen LogP contribution in [0.5, 0.6) is 0 Å². The normalized spacial score (nSPS) is 14.1. The van der Waals surface area contributed by atoms with E-state index in [-0.39, 0.29) is 24.1 Å². The molecule has 1 aliphatic carbocycles. The molecule has 2 amide bonds. The lowest BCUT2D eigenvalue weighted by Gasteiger charge is -2.12. The number of rotatable bonds is 6. The number of hydrogen-bond donors (Lipinski definition) is 2. The highest BCUT2D eigenvalue weighted by molar-refractivity contribution is 5.93. The quantitative estimate of drug-likeness (QED) is 0.809. The number of hydrogen-bond acceptors (Lipinski definition) is 4. The highest BCUT2D eigenvalue weighted by atomic mass is 16.2. The summed E-state index contributed by atoms with van der Waals surface area (Å²) in [7, 11) is 0. The summed E-state index contributed by atoms with van der Waals surface area (Å²) in [5.41, 5.74) is 1.58. The molecule has 1 heterocycles. The maximum Gasteiger partial charge on any atom is 0.266 e. The second kappa shape index (κ2) is 8.62. The minimum atomic E-state index is -0.508. The van der Waals surface area contributed by atoms with Crippen molar-refractivity contribution in [2.75, 3.05) is 0 Å². The molecule has 7 heteroatoms. The van der Waals surface area contributed by atoms with E-state index >= 15 is 0 Å². The average molecular weight is 368 g/mol. The van der Waals surface area contributed by atoms with Crippen LogP contribution in [0.25, 0.3) is 0 Å². The molecule has 1 aliphatic rings. The lowest BCUT2D eigenvalue weighted by atomic mass is 10.1. The van der Waals surface area contributed by atoms with Gasteiger partial charge in [-0.1, -0.05) is 42.7 Å². The van der Waals surface area contributed by atoms with E-state index in [0.717, 1.165) is 41.4 Å². The molecule has 0 aliphatic heterocycles. The Labute approximate surface area is 157 Å². The Bertz CT molecular complexity index is 868. The third-order valence-electron chi connectivity index (χ3n) is 4.76. The zero-order valence-corrected chi connectivity index (χ0v) is 15.4. The number of carbonyl (C=O) groups excluding carboxylic acids is 2. The van der Waals surface area contributed by atoms with E-state index < -0.39 is 11.5 Å². The summed E-state index contributed by atoms with van der Waals surface area (Å²) in [6, 6.07) is 7.95. The minimum Gasteiger partial charge on any atom is -0.350 e. The van der Waals surface area contributed by atoms with Crippen LogP contribution in [0.15, 0.2) is 41.6 Å². The van der Waals surface area contributed by atoms with Gasteiger partial charge in [0.25, 0.3) is 11.5 Å². The van der Waals surface area contributed by atoms with E-state index in [9.17, 15) is 14.4 Å². The van der Waals surface area contributed by atoms with Crippen molar-refractivity contribution in [3.8, 4) is 0 Å². The third kappa shape index (κ3) is 5.03. The topological polar surface area (TPSA) is 93.1 Å². The van der Waals surface area contributed by atoms with Gasteiger partial charge in [0.05, 0.1) is 6.33 Å². The summed E-state index contributed by atoms with van der Waals surface area (Å²) in [5, 5.41) is 5.65. The number of carbonyl (C=O) groups is 2. The van der Waals surface area contributed by atoms with Crippen LogP contribution in [0.3, 0.4) is 0 Å². The second-order valence-corrected chi connectivity index (χ2v) is 6.96. The number of benzene rings is 1. The van der Waals surface area contributed by atoms with E-state index in [1.54, 1.807) is 0 Å². The molecule has 0 atom stereocenters. The Balaban J connectivity index is 1.60. The Kier molecular flexibility index (Phi) is 6.01. The van der Waals surface area contributed by atoms with Gasteiger partial charge in [-0.15, -0.1) is 0 Å². The fourth-order valence-electron chi connectivity index (χ4n) is 3.17. The summed E-state index contributed by atoms with van der Waals surface area (Å²) in [4.78, 5) is 41.0. The van der Waals surface area contributed by atoms with Crippen LogP contribution in [0.1, 0.15) is 47.2 Å². The molecular formula is C20H24N4O3. The molecule has 1 saturated carbocycles. The number of aryl methyl sites for hydroxylation is 1. The Morgan fingerprint density at radius 3 is 2.59 bits per heavy atom. The van der Waals surface area contributed by atoms with E-state index in [2.05, 4.69) is 15.6 Å². The largest absolute Gasteiger partial charge is 0.350 e. The van der Waals surface area contributed by atoms with Gasteiger partial charge < -0.3 is 10.6 Å². The van der Waals surface area contributed by atoms with Gasteiger partial charge in [-0.3, -0.25) is 19.0 Å². The molecule has 1 fully saturated rings. The maximum atomic E-state index is 12.5. The van der Waals surface area contributed by atoms with Crippen molar-refractivity contribution in [1.82, 2.24) is 20.2 Å². The van der Waals surface area contributed by atoms with Gasteiger partial charge in [0.1, 0.15) is 12.1 Å². The first-order valence-electron chi connectivity index (χ1n) is 9.20. The van der Waals surface area contributed by atoms with Crippen molar-refractivity contribution < 1.29 is 9.59 Å². The fourth-order valence-corrected chi connectivity index (χ4v) is 3.17. The predicted molar refractivity (Wildman–Crippen MR) is 101 cm³/mol. The van der Waals surface area contributed by atoms with Gasteiger partial charge in [0, 0.05) is 18.8 Å². The molecule has 2 N–H and O–H groups in total. The smallest absolute Gasteiger partial charge is 0.266 e. The molecule has 2 aromatic rings. The second-order valence-electron chi connectivity index (χ2n) is 6.96. The molecular weight excluding hydrogens is 344 g/mol. The first-order chi connectivity index (χ1) is 13.0. The predicted octanol–water partition coefficient (Wildman–Crippen LogP) is 1.54. The van der Waals surface area contributed by atoms with Crippen molar-refractivity contribution in [2.45, 2.75) is 51.7 Å². The van der Waals surface area contributed by atoms with E-state index in [0.29, 0.717) is 6.54 Å². The van der Waals surface area contributed by atoms with Crippen LogP contribution in [0, 0.1) is 6.92 Å². The van der Waals surface area contributed by atoms with E-state index in [4.69, 9.17) is 0 Å². The zero-order valence-electron chi connectivity index (χ0n) is 15.4. The van der Waals surface area contributed by atoms with Crippen LogP contribution >= 0.6 is 0 Å². The molecule has 7 nitrogen and oxygen atoms in total. The van der Waals surface area contributed by atoms with E-state index in [1.165, 1.54) is 12.5 Å². The van der Waals surface area contributed by atoms with Crippen molar-refractivity contribution in [2.24, 2.45) is 0 Å². The van der Waals surface area contributed by atoms with E-state index in [1.807, 2.05) is 31.2 Å². The standard InChI is InChI=1S/C20H24N4O3/c1-14-6-8-15(9-7-14)10-22-18(25)12-24-13-21-11-17(20(24)27)19(26)23-16-4-2-3-5-16/h6-9,11,13,16H,2-5,10,12H2,1H3,(H,22,25)(H,23,26). The molecule has 0 radical (unpaired) electrons. The molecule has 1 aromatic carbocycles. The highest BCUT2D eigenvalue weighted by Gasteiger charge is 2.20. The summed E-state index contributed by atoms with van der Waals surface area (Å²) in [6.45, 7) is 2.20. The van der Waals surface area contributed by atoms with Gasteiger partial charge in [-0.25, -0.2) is 4.98 Å². The summed E-state index contributed by atoms with van der Waals surface area (Å²) in [5.74, 6) is -0.735. The maximum absolute atomic E-state index is 12.5. The monoisotopic (exact) mass is 368 g/mol. The van der Waals surface area contributed by atoms with Crippen LogP contribution in [0.2, 0.25) is 0 Å². The SMILES string of the molecule is Cc1ccc(CNC(=O)Cn2cncc(C(=O)NC3CCCC3)c2=O)cc1. The zero-order chi connectivity index (χ0) is 19.2. The fraction of sp³-hybridized carbons (Fsp3) is 0.400. The molecule has 3 rings (SSSR count). The van der Waals surface area contributed by atoms with Crippen molar-refractivity contribution >= 4 is 11.8 Å². The summed E-state index contributed by atoms with van der Waals surface area (Å²) < 4.78 is 1.16. The Morgan fingerprint density at radius 2 is 1.89 bits per heavy atom. The molecule has 142 valence electrons. The van der Waals surface area contributed by atoms with Crippen molar-refractivity contribution in [3.05, 3.63) is 63.8 Å². The van der Waals surface area contributed by atoms with Gasteiger partial charge in [-0.05, 0) is 25.3 Å². The van der Waals surface area contributed by atoms with Gasteiger partial charge >= 0.3 is 0 Å². The molecule has 0 saturated heterocycles. The van der Waals surface area contributed by atoms with Gasteiger partial charge in [-0.2, -0.15) is 0 Å². The highest BCUT2D eigenvalue weighted by Crippen LogP contribution is 2.17. The molecule has 27 heavy (non-hydrogen) atoms. The van der Waals surface area contributed by atoms with Crippen LogP contribution in [-0.2, 0) is 17.9 Å². The van der Waals surface area contributed by atoms with Crippen LogP contribution in [0.4, 0.5) is 0 Å². The average Bonchev–Trinajstić information content (AvgIpc) is 3.16. The van der Waals surface area contributed by atoms with Crippen molar-refractivity contribution in [1.29, 1.82) is 0 Å². The first-order valence-corrected chi connectivity index (χ1v) is 9.20. The Hall–Kier alpha value is -2.96.